The van der Waals surface area contributed by atoms with E-state index in [1.165, 1.54) is 18.5 Å². The topological polar surface area (TPSA) is 112 Å². The van der Waals surface area contributed by atoms with Crippen molar-refractivity contribution in [1.29, 1.82) is 0 Å². The number of allylic oxidation sites excluding steroid dienone is 1. The van der Waals surface area contributed by atoms with Gasteiger partial charge >= 0.3 is 0 Å². The molecular formula is C25H35F2N7O. The zero-order chi connectivity index (χ0) is 25.1. The Labute approximate surface area is 205 Å². The third-order valence-corrected chi connectivity index (χ3v) is 7.13. The molecule has 0 radical (unpaired) electrons. The summed E-state index contributed by atoms with van der Waals surface area (Å²) in [6.07, 6.45) is 1.98. The molecule has 1 amide bonds. The van der Waals surface area contributed by atoms with Gasteiger partial charge in [-0.1, -0.05) is 0 Å². The van der Waals surface area contributed by atoms with Crippen molar-refractivity contribution in [2.24, 2.45) is 16.5 Å². The zero-order valence-corrected chi connectivity index (χ0v) is 20.4. The Balaban J connectivity index is 1.70. The van der Waals surface area contributed by atoms with Gasteiger partial charge in [-0.3, -0.25) is 9.79 Å². The van der Waals surface area contributed by atoms with E-state index in [0.717, 1.165) is 36.3 Å². The molecule has 0 aliphatic carbocycles. The molecule has 3 aliphatic heterocycles. The quantitative estimate of drug-likeness (QED) is 0.436. The molecule has 3 aliphatic rings. The summed E-state index contributed by atoms with van der Waals surface area (Å²) in [6, 6.07) is 3.64. The lowest BCUT2D eigenvalue weighted by Gasteiger charge is -2.38. The Morgan fingerprint density at radius 3 is 2.74 bits per heavy atom. The molecule has 3 heterocycles. The molecular weight excluding hydrogens is 452 g/mol. The van der Waals surface area contributed by atoms with Gasteiger partial charge in [0, 0.05) is 93.1 Å². The minimum Gasteiger partial charge on any atom is -0.404 e. The maximum atomic E-state index is 14.1. The number of nitrogens with one attached hydrogen (secondary N) is 2. The van der Waals surface area contributed by atoms with Gasteiger partial charge in [0.2, 0.25) is 5.91 Å². The summed E-state index contributed by atoms with van der Waals surface area (Å²) >= 11 is 0. The Kier molecular flexibility index (Phi) is 7.71. The number of hydrogen-bond donors (Lipinski definition) is 4. The molecule has 4 rings (SSSR count). The van der Waals surface area contributed by atoms with Gasteiger partial charge in [-0.15, -0.1) is 0 Å². The van der Waals surface area contributed by atoms with Crippen molar-refractivity contribution in [2.45, 2.75) is 44.8 Å². The molecule has 1 aromatic rings. The van der Waals surface area contributed by atoms with Crippen LogP contribution >= 0.6 is 0 Å². The average Bonchev–Trinajstić information content (AvgIpc) is 3.51. The first-order chi connectivity index (χ1) is 16.8. The minimum absolute atomic E-state index is 0.00132. The summed E-state index contributed by atoms with van der Waals surface area (Å²) in [6.45, 7) is 5.08. The lowest BCUT2D eigenvalue weighted by Crippen LogP contribution is -2.50. The lowest BCUT2D eigenvalue weighted by atomic mass is 9.96. The number of alkyl halides is 2. The normalized spacial score (nSPS) is 21.9. The van der Waals surface area contributed by atoms with Crippen molar-refractivity contribution in [3.05, 3.63) is 46.3 Å². The number of fused-ring (bicyclic) bond motifs is 1. The summed E-state index contributed by atoms with van der Waals surface area (Å²) in [5, 5.41) is 7.01. The van der Waals surface area contributed by atoms with Gasteiger partial charge in [-0.25, -0.2) is 8.78 Å². The van der Waals surface area contributed by atoms with E-state index < -0.39 is 12.6 Å². The molecule has 8 nitrogen and oxygen atoms in total. The molecule has 2 atom stereocenters. The largest absolute Gasteiger partial charge is 0.404 e. The highest BCUT2D eigenvalue weighted by Crippen LogP contribution is 2.39. The van der Waals surface area contributed by atoms with E-state index in [9.17, 15) is 13.6 Å². The third-order valence-electron chi connectivity index (χ3n) is 7.13. The predicted octanol–water partition coefficient (Wildman–Crippen LogP) is 1.73. The SMILES string of the molecule is CN=CC(=CN)c1cc2c(cc1C(F)F)N(C(N)C1=C(NC3CCNC3)CCN(C(C)=O)C1)CC2. The molecule has 10 heteroatoms. The van der Waals surface area contributed by atoms with Gasteiger partial charge in [-0.2, -0.15) is 0 Å². The molecule has 1 saturated heterocycles. The van der Waals surface area contributed by atoms with Crippen LogP contribution in [0.2, 0.25) is 0 Å². The van der Waals surface area contributed by atoms with Gasteiger partial charge in [0.05, 0.1) is 0 Å². The number of rotatable bonds is 7. The second kappa shape index (κ2) is 10.7. The number of carbonyl (C=O) groups is 1. The van der Waals surface area contributed by atoms with Crippen LogP contribution in [0.3, 0.4) is 0 Å². The van der Waals surface area contributed by atoms with E-state index in [4.69, 9.17) is 11.5 Å². The Bertz CT molecular complexity index is 1050. The molecule has 0 saturated carbocycles. The van der Waals surface area contributed by atoms with Gasteiger partial charge < -0.3 is 31.9 Å². The molecule has 0 aromatic heterocycles. The van der Waals surface area contributed by atoms with E-state index in [1.54, 1.807) is 24.9 Å². The molecule has 0 spiro atoms. The monoisotopic (exact) mass is 487 g/mol. The summed E-state index contributed by atoms with van der Waals surface area (Å²) in [5.41, 5.74) is 16.9. The van der Waals surface area contributed by atoms with Crippen LogP contribution in [0.1, 0.15) is 42.9 Å². The van der Waals surface area contributed by atoms with Crippen molar-refractivity contribution >= 4 is 23.4 Å². The highest BCUT2D eigenvalue weighted by molar-refractivity contribution is 6.10. The summed E-state index contributed by atoms with van der Waals surface area (Å²) in [7, 11) is 1.58. The van der Waals surface area contributed by atoms with Crippen LogP contribution in [0.25, 0.3) is 5.57 Å². The summed E-state index contributed by atoms with van der Waals surface area (Å²) in [4.78, 5) is 19.9. The van der Waals surface area contributed by atoms with Crippen LogP contribution in [0.5, 0.6) is 0 Å². The van der Waals surface area contributed by atoms with Gasteiger partial charge in [0.25, 0.3) is 6.43 Å². The van der Waals surface area contributed by atoms with Gasteiger partial charge in [0.1, 0.15) is 6.17 Å². The molecule has 35 heavy (non-hydrogen) atoms. The number of nitrogens with zero attached hydrogens (tertiary/aromatic N) is 3. The van der Waals surface area contributed by atoms with Crippen LogP contribution in [-0.4, -0.2) is 69.0 Å². The minimum atomic E-state index is -2.68. The number of nitrogens with two attached hydrogens (primary N) is 2. The number of aliphatic imine (C=N–C) groups is 1. The fraction of sp³-hybridized carbons (Fsp3) is 0.520. The van der Waals surface area contributed by atoms with Crippen molar-refractivity contribution < 1.29 is 13.6 Å². The number of anilines is 1. The van der Waals surface area contributed by atoms with Crippen LogP contribution in [0, 0.1) is 0 Å². The van der Waals surface area contributed by atoms with E-state index in [0.29, 0.717) is 55.3 Å². The Hall–Kier alpha value is -2.98. The van der Waals surface area contributed by atoms with Gasteiger partial charge in [0.15, 0.2) is 0 Å². The van der Waals surface area contributed by atoms with E-state index in [-0.39, 0.29) is 11.5 Å². The second-order valence-electron chi connectivity index (χ2n) is 9.29. The van der Waals surface area contributed by atoms with E-state index >= 15 is 0 Å². The summed E-state index contributed by atoms with van der Waals surface area (Å²) < 4.78 is 28.2. The lowest BCUT2D eigenvalue weighted by molar-refractivity contribution is -0.128. The first-order valence-electron chi connectivity index (χ1n) is 12.1. The maximum absolute atomic E-state index is 14.1. The third kappa shape index (κ3) is 5.18. The molecule has 1 aromatic carbocycles. The molecule has 2 unspecified atom stereocenters. The van der Waals surface area contributed by atoms with Crippen LogP contribution in [-0.2, 0) is 11.2 Å². The van der Waals surface area contributed by atoms with Gasteiger partial charge in [-0.05, 0) is 42.6 Å². The highest BCUT2D eigenvalue weighted by Gasteiger charge is 2.33. The number of hydrogen-bond acceptors (Lipinski definition) is 7. The molecule has 6 N–H and O–H groups in total. The standard InChI is InChI=1S/C25H35F2N7O/c1-15(35)33-7-5-22(32-18-3-6-31-13-18)21(14-33)25(29)34-8-4-16-9-19(17(11-28)12-30-2)20(24(26)27)10-23(16)34/h9-12,18,24-25,31-32H,3-8,13-14,28-29H2,1-2H3. The first-order valence-corrected chi connectivity index (χ1v) is 12.1. The fourth-order valence-electron chi connectivity index (χ4n) is 5.24. The van der Waals surface area contributed by atoms with Crippen molar-refractivity contribution in [1.82, 2.24) is 15.5 Å². The number of halogens is 2. The van der Waals surface area contributed by atoms with Crippen LogP contribution in [0.4, 0.5) is 14.5 Å². The number of carbonyl (C=O) groups excluding carboxylic acids is 1. The number of benzene rings is 1. The molecule has 190 valence electrons. The van der Waals surface area contributed by atoms with Crippen LogP contribution in [0.15, 0.2) is 34.6 Å². The smallest absolute Gasteiger partial charge is 0.264 e. The zero-order valence-electron chi connectivity index (χ0n) is 20.4. The fourth-order valence-corrected chi connectivity index (χ4v) is 5.24. The number of amides is 1. The Morgan fingerprint density at radius 1 is 1.31 bits per heavy atom. The first kappa shape index (κ1) is 25.1. The van der Waals surface area contributed by atoms with Crippen molar-refractivity contribution in [3.63, 3.8) is 0 Å². The second-order valence-corrected chi connectivity index (χ2v) is 9.29. The molecule has 0 bridgehead atoms. The van der Waals surface area contributed by atoms with E-state index in [2.05, 4.69) is 15.6 Å². The summed E-state index contributed by atoms with van der Waals surface area (Å²) in [5.74, 6) is 0.00132. The van der Waals surface area contributed by atoms with Crippen LogP contribution < -0.4 is 27.0 Å². The van der Waals surface area contributed by atoms with Crippen molar-refractivity contribution in [2.75, 3.05) is 44.7 Å². The highest BCUT2D eigenvalue weighted by atomic mass is 19.3. The maximum Gasteiger partial charge on any atom is 0.264 e. The van der Waals surface area contributed by atoms with Crippen molar-refractivity contribution in [3.8, 4) is 0 Å². The van der Waals surface area contributed by atoms with E-state index in [1.807, 2.05) is 4.90 Å². The molecule has 1 fully saturated rings. The predicted molar refractivity (Wildman–Crippen MR) is 135 cm³/mol. The average molecular weight is 488 g/mol. The Morgan fingerprint density at radius 2 is 2.11 bits per heavy atom.